The van der Waals surface area contributed by atoms with Crippen LogP contribution in [0, 0.1) is 5.92 Å². The normalized spacial score (nSPS) is 21.7. The first-order chi connectivity index (χ1) is 19.7. The van der Waals surface area contributed by atoms with Gasteiger partial charge in [0.1, 0.15) is 11.6 Å². The van der Waals surface area contributed by atoms with Gasteiger partial charge in [0.15, 0.2) is 16.6 Å². The quantitative estimate of drug-likeness (QED) is 0.413. The molecule has 2 amide bonds. The second kappa shape index (κ2) is 12.5. The molecule has 218 valence electrons. The number of hydrogen-bond acceptors (Lipinski definition) is 7. The lowest BCUT2D eigenvalue weighted by atomic mass is 9.84. The second-order valence-electron chi connectivity index (χ2n) is 11.1. The van der Waals surface area contributed by atoms with E-state index in [1.54, 1.807) is 31.2 Å². The fourth-order valence-electron chi connectivity index (χ4n) is 5.81. The molecule has 1 saturated heterocycles. The number of sulfonamides is 1. The van der Waals surface area contributed by atoms with Crippen molar-refractivity contribution >= 4 is 38.6 Å². The summed E-state index contributed by atoms with van der Waals surface area (Å²) in [7, 11) is -3.99. The summed E-state index contributed by atoms with van der Waals surface area (Å²) in [4.78, 5) is 44.1. The highest BCUT2D eigenvalue weighted by Gasteiger charge is 2.38. The Morgan fingerprint density at radius 2 is 1.80 bits per heavy atom. The van der Waals surface area contributed by atoms with Crippen LogP contribution in [0.4, 0.5) is 0 Å². The van der Waals surface area contributed by atoms with Crippen molar-refractivity contribution in [2.75, 3.05) is 6.54 Å². The predicted octanol–water partition coefficient (Wildman–Crippen LogP) is 3.82. The van der Waals surface area contributed by atoms with Crippen molar-refractivity contribution < 1.29 is 27.2 Å². The van der Waals surface area contributed by atoms with Crippen LogP contribution in [0.5, 0.6) is 0 Å². The molecule has 2 aliphatic rings. The molecular weight excluding hydrogens is 544 g/mol. The highest BCUT2D eigenvalue weighted by molar-refractivity contribution is 7.89. The number of aromatic nitrogens is 1. The van der Waals surface area contributed by atoms with E-state index in [1.807, 2.05) is 18.2 Å². The third kappa shape index (κ3) is 6.68. The number of amides is 2. The van der Waals surface area contributed by atoms with Crippen molar-refractivity contribution in [2.45, 2.75) is 81.4 Å². The summed E-state index contributed by atoms with van der Waals surface area (Å²) < 4.78 is 33.4. The molecule has 3 aromatic rings. The predicted molar refractivity (Wildman–Crippen MR) is 152 cm³/mol. The van der Waals surface area contributed by atoms with Gasteiger partial charge >= 0.3 is 0 Å². The summed E-state index contributed by atoms with van der Waals surface area (Å²) >= 11 is 0. The van der Waals surface area contributed by atoms with Gasteiger partial charge in [-0.25, -0.2) is 13.4 Å². The Bertz CT molecular complexity index is 1470. The lowest BCUT2D eigenvalue weighted by Crippen LogP contribution is -2.53. The molecule has 1 saturated carbocycles. The smallest absolute Gasteiger partial charge is 0.287 e. The van der Waals surface area contributed by atoms with E-state index in [0.717, 1.165) is 41.8 Å². The maximum atomic E-state index is 13.6. The van der Waals surface area contributed by atoms with Crippen LogP contribution in [0.3, 0.4) is 0 Å². The number of para-hydroxylation sites is 1. The van der Waals surface area contributed by atoms with E-state index in [4.69, 9.17) is 4.42 Å². The number of ketones is 1. The summed E-state index contributed by atoms with van der Waals surface area (Å²) in [6, 6.07) is 11.4. The van der Waals surface area contributed by atoms with Crippen LogP contribution in [-0.2, 0) is 19.6 Å². The molecule has 1 unspecified atom stereocenters. The van der Waals surface area contributed by atoms with Crippen molar-refractivity contribution in [1.82, 2.24) is 19.9 Å². The summed E-state index contributed by atoms with van der Waals surface area (Å²) in [6.07, 6.45) is 7.78. The SMILES string of the molecule is C[C@@H]1CCC(NC(=O)[C@H](CC2CCCCC2)NC(=O)c2cc3ccccc3o2)C(=O)CN1S(=O)(=O)c1ccccn1. The zero-order valence-corrected chi connectivity index (χ0v) is 23.9. The van der Waals surface area contributed by atoms with Crippen molar-refractivity contribution in [1.29, 1.82) is 0 Å². The van der Waals surface area contributed by atoms with Crippen LogP contribution in [-0.4, -0.2) is 60.0 Å². The first kappa shape index (κ1) is 28.9. The molecule has 1 aliphatic carbocycles. The largest absolute Gasteiger partial charge is 0.451 e. The van der Waals surface area contributed by atoms with E-state index in [2.05, 4.69) is 15.6 Å². The Morgan fingerprint density at radius 1 is 1.05 bits per heavy atom. The zero-order chi connectivity index (χ0) is 29.0. The molecule has 41 heavy (non-hydrogen) atoms. The summed E-state index contributed by atoms with van der Waals surface area (Å²) in [5.41, 5.74) is 0.578. The maximum Gasteiger partial charge on any atom is 0.287 e. The molecule has 3 atom stereocenters. The number of carbonyl (C=O) groups excluding carboxylic acids is 3. The minimum Gasteiger partial charge on any atom is -0.451 e. The van der Waals surface area contributed by atoms with Crippen LogP contribution in [0.2, 0.25) is 0 Å². The molecule has 5 rings (SSSR count). The Kier molecular flexibility index (Phi) is 8.84. The van der Waals surface area contributed by atoms with Crippen molar-refractivity contribution in [2.24, 2.45) is 5.92 Å². The van der Waals surface area contributed by atoms with E-state index in [0.29, 0.717) is 18.4 Å². The molecule has 2 N–H and O–H groups in total. The van der Waals surface area contributed by atoms with E-state index in [-0.39, 0.29) is 29.7 Å². The number of nitrogens with one attached hydrogen (secondary N) is 2. The van der Waals surface area contributed by atoms with Crippen molar-refractivity contribution in [3.05, 3.63) is 60.5 Å². The molecule has 11 heteroatoms. The second-order valence-corrected chi connectivity index (χ2v) is 12.9. The number of rotatable bonds is 8. The summed E-state index contributed by atoms with van der Waals surface area (Å²) in [6.45, 7) is 1.38. The lowest BCUT2D eigenvalue weighted by Gasteiger charge is -2.27. The molecule has 1 aromatic carbocycles. The molecule has 0 radical (unpaired) electrons. The molecule has 3 heterocycles. The molecular formula is C30H36N4O6S. The van der Waals surface area contributed by atoms with Crippen LogP contribution < -0.4 is 10.6 Å². The third-order valence-electron chi connectivity index (χ3n) is 8.16. The topological polar surface area (TPSA) is 139 Å². The van der Waals surface area contributed by atoms with Gasteiger partial charge in [-0.1, -0.05) is 56.4 Å². The van der Waals surface area contributed by atoms with Crippen LogP contribution >= 0.6 is 0 Å². The Labute approximate surface area is 239 Å². The number of pyridine rings is 1. The monoisotopic (exact) mass is 580 g/mol. The Hall–Kier alpha value is -3.57. The van der Waals surface area contributed by atoms with Gasteiger partial charge in [0.2, 0.25) is 5.91 Å². The van der Waals surface area contributed by atoms with Gasteiger partial charge in [0, 0.05) is 17.6 Å². The van der Waals surface area contributed by atoms with E-state index >= 15 is 0 Å². The maximum absolute atomic E-state index is 13.6. The Balaban J connectivity index is 1.30. The van der Waals surface area contributed by atoms with Crippen molar-refractivity contribution in [3.63, 3.8) is 0 Å². The molecule has 2 aromatic heterocycles. The van der Waals surface area contributed by atoms with Gasteiger partial charge in [0.05, 0.1) is 12.6 Å². The molecule has 0 spiro atoms. The number of nitrogens with zero attached hydrogens (tertiary/aromatic N) is 2. The average Bonchev–Trinajstić information content (AvgIpc) is 3.37. The fraction of sp³-hybridized carbons (Fsp3) is 0.467. The number of carbonyl (C=O) groups is 3. The van der Waals surface area contributed by atoms with E-state index in [1.165, 1.54) is 12.3 Å². The van der Waals surface area contributed by atoms with Gasteiger partial charge in [-0.3, -0.25) is 14.4 Å². The number of furan rings is 1. The van der Waals surface area contributed by atoms with Crippen molar-refractivity contribution in [3.8, 4) is 0 Å². The summed E-state index contributed by atoms with van der Waals surface area (Å²) in [5, 5.41) is 6.36. The number of benzene rings is 1. The number of hydrogen-bond donors (Lipinski definition) is 2. The summed E-state index contributed by atoms with van der Waals surface area (Å²) in [5.74, 6) is -0.957. The van der Waals surface area contributed by atoms with Crippen LogP contribution in [0.15, 0.2) is 64.2 Å². The number of Topliss-reactive ketones (excluding diaryl/α,β-unsaturated/α-hetero) is 1. The van der Waals surface area contributed by atoms with Crippen LogP contribution in [0.25, 0.3) is 11.0 Å². The minimum atomic E-state index is -3.99. The standard InChI is InChI=1S/C30H36N4O6S/c1-20-14-15-23(25(35)19-34(20)41(38,39)28-13-7-8-16-31-28)32-29(36)24(17-21-9-3-2-4-10-21)33-30(37)27-18-22-11-5-6-12-26(22)40-27/h5-8,11-13,16,18,20-21,23-24H,2-4,9-10,14-15,17,19H2,1H3,(H,32,36)(H,33,37)/t20-,23?,24+/m1/s1. The van der Waals surface area contributed by atoms with Crippen LogP contribution in [0.1, 0.15) is 68.8 Å². The van der Waals surface area contributed by atoms with E-state index in [9.17, 15) is 22.8 Å². The third-order valence-corrected chi connectivity index (χ3v) is 10.0. The minimum absolute atomic E-state index is 0.113. The molecule has 2 fully saturated rings. The average molecular weight is 581 g/mol. The van der Waals surface area contributed by atoms with Gasteiger partial charge in [-0.15, -0.1) is 0 Å². The van der Waals surface area contributed by atoms with Gasteiger partial charge < -0.3 is 15.1 Å². The first-order valence-corrected chi connectivity index (χ1v) is 15.7. The number of fused-ring (bicyclic) bond motifs is 1. The fourth-order valence-corrected chi connectivity index (χ4v) is 7.37. The lowest BCUT2D eigenvalue weighted by molar-refractivity contribution is -0.129. The molecule has 1 aliphatic heterocycles. The van der Waals surface area contributed by atoms with E-state index < -0.39 is 45.7 Å². The zero-order valence-electron chi connectivity index (χ0n) is 23.1. The van der Waals surface area contributed by atoms with Gasteiger partial charge in [-0.2, -0.15) is 4.31 Å². The Morgan fingerprint density at radius 3 is 2.54 bits per heavy atom. The van der Waals surface area contributed by atoms with Gasteiger partial charge in [-0.05, 0) is 56.4 Å². The first-order valence-electron chi connectivity index (χ1n) is 14.3. The molecule has 0 bridgehead atoms. The molecule has 10 nitrogen and oxygen atoms in total. The highest BCUT2D eigenvalue weighted by atomic mass is 32.2. The highest BCUT2D eigenvalue weighted by Crippen LogP contribution is 2.28. The van der Waals surface area contributed by atoms with Gasteiger partial charge in [0.25, 0.3) is 15.9 Å².